The first kappa shape index (κ1) is 24.6. The van der Waals surface area contributed by atoms with Crippen molar-refractivity contribution in [1.29, 1.82) is 0 Å². The van der Waals surface area contributed by atoms with Crippen molar-refractivity contribution < 1.29 is 15.4 Å². The van der Waals surface area contributed by atoms with Crippen molar-refractivity contribution in [3.63, 3.8) is 0 Å². The van der Waals surface area contributed by atoms with Crippen LogP contribution in [0.25, 0.3) is 106 Å². The number of aromatic nitrogens is 4. The van der Waals surface area contributed by atoms with E-state index in [1.54, 1.807) is 6.07 Å². The lowest BCUT2D eigenvalue weighted by Gasteiger charge is -2.16. The van der Waals surface area contributed by atoms with E-state index >= 15 is 0 Å². The van der Waals surface area contributed by atoms with E-state index < -0.39 is 48.3 Å². The molecule has 0 amide bonds. The predicted molar refractivity (Wildman–Crippen MR) is 229 cm³/mol. The van der Waals surface area contributed by atoms with E-state index in [4.69, 9.17) is 27.6 Å². The van der Waals surface area contributed by atoms with Crippen LogP contribution in [0.2, 0.25) is 0 Å². The monoisotopic (exact) mass is 724 g/mol. The Morgan fingerprint density at radius 3 is 1.62 bits per heavy atom. The molecule has 0 unspecified atom stereocenters. The number of hydrogen-bond donors (Lipinski definition) is 0. The fraction of sp³-hybridized carbons (Fsp3) is 0. The zero-order chi connectivity index (χ0) is 44.0. The standard InChI is InChI=1S/C51H32N4O/c1-4-15-33(16-5-1)36-27-29-41-42-24-14-23-38(48(42)56-47(41)32-36)37-28-30-46(55-44-25-12-10-21-39(44)40-22-11-13-26-45(40)55)43(31-37)51-53-49(34-17-6-2-7-18-34)52-50(54-51)35-19-8-3-9-20-35/h1-32H/i10D,11D,12D,13D,21D,22D,25D,26D. The van der Waals surface area contributed by atoms with Gasteiger partial charge in [-0.1, -0.05) is 158 Å². The van der Waals surface area contributed by atoms with Crippen LogP contribution >= 0.6 is 0 Å². The highest BCUT2D eigenvalue weighted by molar-refractivity contribution is 6.11. The van der Waals surface area contributed by atoms with Gasteiger partial charge >= 0.3 is 0 Å². The maximum absolute atomic E-state index is 9.27. The molecule has 0 aliphatic rings. The van der Waals surface area contributed by atoms with Gasteiger partial charge in [-0.15, -0.1) is 0 Å². The normalized spacial score (nSPS) is 13.6. The maximum Gasteiger partial charge on any atom is 0.166 e. The molecule has 56 heavy (non-hydrogen) atoms. The summed E-state index contributed by atoms with van der Waals surface area (Å²) in [5, 5.41) is 1.79. The van der Waals surface area contributed by atoms with Crippen molar-refractivity contribution >= 4 is 43.7 Å². The van der Waals surface area contributed by atoms with Gasteiger partial charge in [0.05, 0.1) is 27.7 Å². The Hall–Kier alpha value is -7.63. The average Bonchev–Trinajstić information content (AvgIpc) is 3.91. The summed E-state index contributed by atoms with van der Waals surface area (Å²) in [6, 6.07) is 43.0. The summed E-state index contributed by atoms with van der Waals surface area (Å²) in [4.78, 5) is 15.1. The largest absolute Gasteiger partial charge is 0.455 e. The lowest BCUT2D eigenvalue weighted by Crippen LogP contribution is -2.04. The SMILES string of the molecule is [2H]c1c([2H])c([2H])c2c(c1[2H])c1c([2H])c([2H])c([2H])c([2H])c1n2-c1ccc(-c2cccc3c2oc2cc(-c4ccccc4)ccc23)cc1-c1nc(-c2ccccc2)nc(-c2ccccc2)n1. The smallest absolute Gasteiger partial charge is 0.166 e. The number of fused-ring (bicyclic) bond motifs is 6. The van der Waals surface area contributed by atoms with Gasteiger partial charge in [0.15, 0.2) is 17.5 Å². The third-order valence-corrected chi connectivity index (χ3v) is 10.1. The molecule has 8 aromatic carbocycles. The van der Waals surface area contributed by atoms with Crippen LogP contribution in [0.4, 0.5) is 0 Å². The lowest BCUT2D eigenvalue weighted by molar-refractivity contribution is 0.670. The first-order chi connectivity index (χ1) is 31.1. The third-order valence-electron chi connectivity index (χ3n) is 10.1. The molecule has 0 spiro atoms. The second-order valence-corrected chi connectivity index (χ2v) is 13.4. The second kappa shape index (κ2) is 13.0. The fourth-order valence-corrected chi connectivity index (χ4v) is 7.50. The highest BCUT2D eigenvalue weighted by Gasteiger charge is 2.21. The molecule has 0 radical (unpaired) electrons. The van der Waals surface area contributed by atoms with Gasteiger partial charge in [-0.2, -0.15) is 0 Å². The fourth-order valence-electron chi connectivity index (χ4n) is 7.50. The van der Waals surface area contributed by atoms with E-state index in [0.29, 0.717) is 39.6 Å². The van der Waals surface area contributed by atoms with Crippen LogP contribution in [0.5, 0.6) is 0 Å². The molecule has 5 heteroatoms. The number of hydrogen-bond acceptors (Lipinski definition) is 4. The molecule has 3 heterocycles. The number of nitrogens with zero attached hydrogens (tertiary/aromatic N) is 4. The minimum atomic E-state index is -0.521. The van der Waals surface area contributed by atoms with Crippen molar-refractivity contribution in [2.75, 3.05) is 0 Å². The Morgan fingerprint density at radius 1 is 0.411 bits per heavy atom. The Kier molecular flexibility index (Phi) is 5.74. The molecule has 0 aliphatic carbocycles. The molecule has 0 aliphatic heterocycles. The van der Waals surface area contributed by atoms with Crippen LogP contribution in [0.3, 0.4) is 0 Å². The second-order valence-electron chi connectivity index (χ2n) is 13.4. The molecule has 0 atom stereocenters. The van der Waals surface area contributed by atoms with Crippen LogP contribution in [-0.4, -0.2) is 19.5 Å². The van der Waals surface area contributed by atoms with E-state index in [1.165, 1.54) is 4.57 Å². The van der Waals surface area contributed by atoms with Crippen LogP contribution in [0.1, 0.15) is 11.0 Å². The van der Waals surface area contributed by atoms with Crippen molar-refractivity contribution in [1.82, 2.24) is 19.5 Å². The van der Waals surface area contributed by atoms with Crippen LogP contribution < -0.4 is 0 Å². The summed E-state index contributed by atoms with van der Waals surface area (Å²) in [6.07, 6.45) is 0. The number of furan rings is 1. The molecular formula is C51H32N4O. The van der Waals surface area contributed by atoms with E-state index in [0.717, 1.165) is 38.6 Å². The summed E-state index contributed by atoms with van der Waals surface area (Å²) < 4.78 is 79.7. The molecule has 11 rings (SSSR count). The van der Waals surface area contributed by atoms with E-state index in [-0.39, 0.29) is 27.6 Å². The summed E-state index contributed by atoms with van der Waals surface area (Å²) in [6.45, 7) is 0. The summed E-state index contributed by atoms with van der Waals surface area (Å²) >= 11 is 0. The van der Waals surface area contributed by atoms with Gasteiger partial charge in [0.2, 0.25) is 0 Å². The Labute approximate surface area is 334 Å². The quantitative estimate of drug-likeness (QED) is 0.171. The molecule has 0 fully saturated rings. The van der Waals surface area contributed by atoms with E-state index in [2.05, 4.69) is 24.3 Å². The molecule has 0 saturated heterocycles. The zero-order valence-corrected chi connectivity index (χ0v) is 29.6. The minimum absolute atomic E-state index is 0.0174. The zero-order valence-electron chi connectivity index (χ0n) is 37.6. The highest BCUT2D eigenvalue weighted by Crippen LogP contribution is 2.41. The van der Waals surface area contributed by atoms with Crippen molar-refractivity contribution in [3.05, 3.63) is 194 Å². The highest BCUT2D eigenvalue weighted by atomic mass is 16.3. The van der Waals surface area contributed by atoms with Crippen molar-refractivity contribution in [2.24, 2.45) is 0 Å². The Morgan fingerprint density at radius 2 is 0.982 bits per heavy atom. The van der Waals surface area contributed by atoms with Gasteiger partial charge in [-0.25, -0.2) is 15.0 Å². The summed E-state index contributed by atoms with van der Waals surface area (Å²) in [5.41, 5.74) is 7.03. The van der Waals surface area contributed by atoms with Gasteiger partial charge in [0, 0.05) is 43.8 Å². The van der Waals surface area contributed by atoms with Crippen LogP contribution in [0.15, 0.2) is 198 Å². The maximum atomic E-state index is 9.27. The first-order valence-electron chi connectivity index (χ1n) is 22.1. The average molecular weight is 725 g/mol. The van der Waals surface area contributed by atoms with Gasteiger partial charge in [0.25, 0.3) is 0 Å². The molecule has 5 nitrogen and oxygen atoms in total. The Bertz CT molecular complexity index is 3570. The van der Waals surface area contributed by atoms with Gasteiger partial charge in [-0.05, 0) is 53.0 Å². The molecule has 11 aromatic rings. The minimum Gasteiger partial charge on any atom is -0.455 e. The van der Waals surface area contributed by atoms with Crippen LogP contribution in [0, 0.1) is 0 Å². The molecule has 0 bridgehead atoms. The summed E-state index contributed by atoms with van der Waals surface area (Å²) in [5.74, 6) is 0.964. The predicted octanol–water partition coefficient (Wildman–Crippen LogP) is 13.2. The molecule has 262 valence electrons. The number of rotatable bonds is 6. The third kappa shape index (κ3) is 5.29. The van der Waals surface area contributed by atoms with Crippen LogP contribution in [-0.2, 0) is 0 Å². The lowest BCUT2D eigenvalue weighted by atomic mass is 9.98. The van der Waals surface area contributed by atoms with Gasteiger partial charge in [-0.3, -0.25) is 0 Å². The van der Waals surface area contributed by atoms with Gasteiger partial charge < -0.3 is 8.98 Å². The number of para-hydroxylation sites is 3. The van der Waals surface area contributed by atoms with E-state index in [9.17, 15) is 2.74 Å². The molecule has 0 N–H and O–H groups in total. The first-order valence-corrected chi connectivity index (χ1v) is 18.1. The van der Waals surface area contributed by atoms with Gasteiger partial charge in [0.1, 0.15) is 11.2 Å². The van der Waals surface area contributed by atoms with Crippen molar-refractivity contribution in [2.45, 2.75) is 0 Å². The summed E-state index contributed by atoms with van der Waals surface area (Å²) in [7, 11) is 0. The molecule has 0 saturated carbocycles. The number of benzene rings is 8. The topological polar surface area (TPSA) is 56.7 Å². The Balaban J connectivity index is 1.25. The molecular weight excluding hydrogens is 685 g/mol. The van der Waals surface area contributed by atoms with E-state index in [1.807, 2.05) is 115 Å². The molecule has 3 aromatic heterocycles. The van der Waals surface area contributed by atoms with Crippen molar-refractivity contribution in [3.8, 4) is 62.1 Å².